The minimum atomic E-state index is 0.154. The Morgan fingerprint density at radius 3 is 2.88 bits per heavy atom. The van der Waals surface area contributed by atoms with Crippen molar-refractivity contribution in [3.63, 3.8) is 0 Å². The Bertz CT molecular complexity index is 533. The third-order valence-corrected chi connectivity index (χ3v) is 4.50. The van der Waals surface area contributed by atoms with Crippen molar-refractivity contribution in [2.75, 3.05) is 20.2 Å². The number of guanidine groups is 1. The van der Waals surface area contributed by atoms with Crippen LogP contribution in [0.2, 0.25) is 0 Å². The van der Waals surface area contributed by atoms with Crippen LogP contribution in [0.1, 0.15) is 46.4 Å². The molecule has 1 aromatic rings. The summed E-state index contributed by atoms with van der Waals surface area (Å²) in [6, 6.07) is 0. The molecule has 0 aliphatic carbocycles. The molecule has 0 amide bonds. The predicted octanol–water partition coefficient (Wildman–Crippen LogP) is 1.80. The Balaban J connectivity index is 1.86. The molecular weight excluding hydrogens is 304 g/mol. The number of rotatable bonds is 5. The molecule has 7 nitrogen and oxygen atoms in total. The van der Waals surface area contributed by atoms with Gasteiger partial charge in [0, 0.05) is 32.7 Å². The molecule has 2 heterocycles. The van der Waals surface area contributed by atoms with Crippen molar-refractivity contribution in [3.8, 4) is 0 Å². The molecule has 136 valence electrons. The average molecular weight is 336 g/mol. The second-order valence-corrected chi connectivity index (χ2v) is 7.40. The molecule has 0 bridgehead atoms. The SMILES string of the molecule is CCn1cnnc1CNC(=NC)NCC1CCCOC1C(C)(C)C. The van der Waals surface area contributed by atoms with E-state index >= 15 is 0 Å². The lowest BCUT2D eigenvalue weighted by Gasteiger charge is -2.40. The van der Waals surface area contributed by atoms with Crippen molar-refractivity contribution in [2.24, 2.45) is 16.3 Å². The van der Waals surface area contributed by atoms with E-state index in [0.717, 1.165) is 37.9 Å². The summed E-state index contributed by atoms with van der Waals surface area (Å²) in [5.41, 5.74) is 0.154. The first-order valence-electron chi connectivity index (χ1n) is 8.88. The van der Waals surface area contributed by atoms with Crippen molar-refractivity contribution < 1.29 is 4.74 Å². The van der Waals surface area contributed by atoms with E-state index in [2.05, 4.69) is 53.5 Å². The zero-order chi connectivity index (χ0) is 17.6. The van der Waals surface area contributed by atoms with E-state index in [1.54, 1.807) is 13.4 Å². The Morgan fingerprint density at radius 1 is 1.42 bits per heavy atom. The van der Waals surface area contributed by atoms with Crippen molar-refractivity contribution in [1.29, 1.82) is 0 Å². The first-order valence-corrected chi connectivity index (χ1v) is 8.88. The second kappa shape index (κ2) is 8.46. The van der Waals surface area contributed by atoms with Crippen LogP contribution in [0.15, 0.2) is 11.3 Å². The molecule has 1 aromatic heterocycles. The van der Waals surface area contributed by atoms with Crippen molar-refractivity contribution >= 4 is 5.96 Å². The Morgan fingerprint density at radius 2 is 2.21 bits per heavy atom. The molecule has 2 unspecified atom stereocenters. The zero-order valence-electron chi connectivity index (χ0n) is 15.7. The largest absolute Gasteiger partial charge is 0.377 e. The molecule has 1 aliphatic rings. The third kappa shape index (κ3) is 4.93. The van der Waals surface area contributed by atoms with E-state index in [4.69, 9.17) is 4.74 Å². The first-order chi connectivity index (χ1) is 11.5. The quantitative estimate of drug-likeness (QED) is 0.633. The van der Waals surface area contributed by atoms with Crippen LogP contribution in [0.5, 0.6) is 0 Å². The summed E-state index contributed by atoms with van der Waals surface area (Å²) < 4.78 is 8.07. The summed E-state index contributed by atoms with van der Waals surface area (Å²) in [5, 5.41) is 14.8. The van der Waals surface area contributed by atoms with Crippen LogP contribution in [0.3, 0.4) is 0 Å². The number of hydrogen-bond donors (Lipinski definition) is 2. The molecule has 1 aliphatic heterocycles. The molecule has 7 heteroatoms. The van der Waals surface area contributed by atoms with E-state index in [1.807, 2.05) is 4.57 Å². The van der Waals surface area contributed by atoms with E-state index in [0.29, 0.717) is 12.5 Å². The van der Waals surface area contributed by atoms with E-state index < -0.39 is 0 Å². The monoisotopic (exact) mass is 336 g/mol. The zero-order valence-corrected chi connectivity index (χ0v) is 15.7. The van der Waals surface area contributed by atoms with Crippen LogP contribution in [-0.4, -0.2) is 47.0 Å². The number of aryl methyl sites for hydroxylation is 1. The number of hydrogen-bond acceptors (Lipinski definition) is 4. The lowest BCUT2D eigenvalue weighted by atomic mass is 9.78. The summed E-state index contributed by atoms with van der Waals surface area (Å²) in [6.07, 6.45) is 4.35. The molecule has 2 rings (SSSR count). The maximum Gasteiger partial charge on any atom is 0.191 e. The van der Waals surface area contributed by atoms with Gasteiger partial charge >= 0.3 is 0 Å². The van der Waals surface area contributed by atoms with Gasteiger partial charge in [0.1, 0.15) is 6.33 Å². The van der Waals surface area contributed by atoms with Crippen LogP contribution < -0.4 is 10.6 Å². The molecule has 0 aromatic carbocycles. The minimum Gasteiger partial charge on any atom is -0.377 e. The van der Waals surface area contributed by atoms with Gasteiger partial charge in [0.15, 0.2) is 11.8 Å². The highest BCUT2D eigenvalue weighted by atomic mass is 16.5. The topological polar surface area (TPSA) is 76.4 Å². The van der Waals surface area contributed by atoms with Gasteiger partial charge in [0.25, 0.3) is 0 Å². The van der Waals surface area contributed by atoms with Crippen LogP contribution in [-0.2, 0) is 17.8 Å². The number of nitrogens with zero attached hydrogens (tertiary/aromatic N) is 4. The maximum atomic E-state index is 6.05. The van der Waals surface area contributed by atoms with Gasteiger partial charge in [0.2, 0.25) is 0 Å². The molecule has 2 N–H and O–H groups in total. The molecule has 24 heavy (non-hydrogen) atoms. The van der Waals surface area contributed by atoms with E-state index in [-0.39, 0.29) is 11.5 Å². The highest BCUT2D eigenvalue weighted by molar-refractivity contribution is 5.79. The summed E-state index contributed by atoms with van der Waals surface area (Å²) in [7, 11) is 1.79. The fraction of sp³-hybridized carbons (Fsp3) is 0.824. The van der Waals surface area contributed by atoms with Gasteiger partial charge in [-0.05, 0) is 25.2 Å². The molecule has 1 fully saturated rings. The van der Waals surface area contributed by atoms with Crippen LogP contribution >= 0.6 is 0 Å². The Kier molecular flexibility index (Phi) is 6.60. The summed E-state index contributed by atoms with van der Waals surface area (Å²) in [5.74, 6) is 2.20. The number of aromatic nitrogens is 3. The minimum absolute atomic E-state index is 0.154. The van der Waals surface area contributed by atoms with Crippen molar-refractivity contribution in [1.82, 2.24) is 25.4 Å². The van der Waals surface area contributed by atoms with Crippen LogP contribution in [0.25, 0.3) is 0 Å². The number of ether oxygens (including phenoxy) is 1. The smallest absolute Gasteiger partial charge is 0.191 e. The molecule has 2 atom stereocenters. The maximum absolute atomic E-state index is 6.05. The van der Waals surface area contributed by atoms with Crippen LogP contribution in [0, 0.1) is 11.3 Å². The normalized spacial score (nSPS) is 22.5. The Hall–Kier alpha value is -1.63. The molecule has 1 saturated heterocycles. The van der Waals surface area contributed by atoms with Crippen molar-refractivity contribution in [2.45, 2.75) is 59.7 Å². The number of aliphatic imine (C=N–C) groups is 1. The van der Waals surface area contributed by atoms with Gasteiger partial charge in [-0.1, -0.05) is 20.8 Å². The van der Waals surface area contributed by atoms with Gasteiger partial charge < -0.3 is 19.9 Å². The molecule has 0 spiro atoms. The molecular formula is C17H32N6O. The van der Waals surface area contributed by atoms with Gasteiger partial charge in [-0.3, -0.25) is 4.99 Å². The summed E-state index contributed by atoms with van der Waals surface area (Å²) in [4.78, 5) is 4.31. The van der Waals surface area contributed by atoms with Gasteiger partial charge in [-0.25, -0.2) is 0 Å². The Labute approximate surface area is 145 Å². The average Bonchev–Trinajstić information content (AvgIpc) is 3.02. The highest BCUT2D eigenvalue weighted by Crippen LogP contribution is 2.33. The van der Waals surface area contributed by atoms with Gasteiger partial charge in [0.05, 0.1) is 12.6 Å². The molecule has 0 saturated carbocycles. The predicted molar refractivity (Wildman–Crippen MR) is 95.8 cm³/mol. The van der Waals surface area contributed by atoms with Gasteiger partial charge in [-0.2, -0.15) is 0 Å². The fourth-order valence-electron chi connectivity index (χ4n) is 3.30. The molecule has 0 radical (unpaired) electrons. The summed E-state index contributed by atoms with van der Waals surface area (Å²) >= 11 is 0. The number of nitrogens with one attached hydrogen (secondary N) is 2. The second-order valence-electron chi connectivity index (χ2n) is 7.40. The highest BCUT2D eigenvalue weighted by Gasteiger charge is 2.35. The van der Waals surface area contributed by atoms with Gasteiger partial charge in [-0.15, -0.1) is 10.2 Å². The van der Waals surface area contributed by atoms with E-state index in [1.165, 1.54) is 6.42 Å². The summed E-state index contributed by atoms with van der Waals surface area (Å²) in [6.45, 7) is 12.0. The fourth-order valence-corrected chi connectivity index (χ4v) is 3.30. The first kappa shape index (κ1) is 18.7. The van der Waals surface area contributed by atoms with Crippen LogP contribution in [0.4, 0.5) is 0 Å². The van der Waals surface area contributed by atoms with Crippen molar-refractivity contribution in [3.05, 3.63) is 12.2 Å². The standard InChI is InChI=1S/C17H32N6O/c1-6-23-12-21-22-14(23)11-20-16(18-5)19-10-13-8-7-9-24-15(13)17(2,3)4/h12-13,15H,6-11H2,1-5H3,(H2,18,19,20). The lowest BCUT2D eigenvalue weighted by molar-refractivity contribution is -0.0835. The third-order valence-electron chi connectivity index (χ3n) is 4.50. The lowest BCUT2D eigenvalue weighted by Crippen LogP contribution is -2.47. The van der Waals surface area contributed by atoms with E-state index in [9.17, 15) is 0 Å².